The highest BCUT2D eigenvalue weighted by molar-refractivity contribution is 6.06. The molecule has 2 aromatic rings. The average Bonchev–Trinajstić information content (AvgIpc) is 2.61. The minimum Gasteiger partial charge on any atom is -0.322 e. The quantitative estimate of drug-likeness (QED) is 0.479. The van der Waals surface area contributed by atoms with Gasteiger partial charge >= 0.3 is 0 Å². The van der Waals surface area contributed by atoms with Gasteiger partial charge in [-0.2, -0.15) is 0 Å². The van der Waals surface area contributed by atoms with Crippen molar-refractivity contribution in [1.29, 1.82) is 0 Å². The van der Waals surface area contributed by atoms with Crippen molar-refractivity contribution >= 4 is 23.5 Å². The molecule has 2 aromatic carbocycles. The molecule has 3 nitrogen and oxygen atoms in total. The van der Waals surface area contributed by atoms with Crippen molar-refractivity contribution in [2.75, 3.05) is 5.32 Å². The van der Waals surface area contributed by atoms with Gasteiger partial charge in [0.05, 0.1) is 0 Å². The van der Waals surface area contributed by atoms with Crippen LogP contribution in [0.15, 0.2) is 85.0 Å². The molecule has 0 aliphatic carbocycles. The maximum atomic E-state index is 12.1. The van der Waals surface area contributed by atoms with Crippen LogP contribution >= 0.6 is 0 Å². The standard InChI is InChI=1S/C21H19NO2/c1-2-3-5-13-21(24)22-19-12-8-9-17(16-19)14-15-20(23)18-10-6-4-7-11-18/h2-16H,1H3,(H,22,24)/b3-2+,13-5+,15-14+. The number of ketones is 1. The molecule has 0 saturated heterocycles. The average molecular weight is 317 g/mol. The van der Waals surface area contributed by atoms with E-state index < -0.39 is 0 Å². The molecule has 120 valence electrons. The smallest absolute Gasteiger partial charge is 0.248 e. The Hall–Kier alpha value is -3.20. The summed E-state index contributed by atoms with van der Waals surface area (Å²) in [5.41, 5.74) is 2.17. The summed E-state index contributed by atoms with van der Waals surface area (Å²) in [6.45, 7) is 1.88. The first-order valence-electron chi connectivity index (χ1n) is 7.67. The fraction of sp³-hybridized carbons (Fsp3) is 0.0476. The molecule has 0 aromatic heterocycles. The van der Waals surface area contributed by atoms with Crippen LogP contribution in [0.25, 0.3) is 6.08 Å². The Bertz CT molecular complexity index is 786. The van der Waals surface area contributed by atoms with Crippen molar-refractivity contribution in [2.45, 2.75) is 6.92 Å². The molecule has 1 amide bonds. The number of nitrogens with one attached hydrogen (secondary N) is 1. The summed E-state index contributed by atoms with van der Waals surface area (Å²) in [5, 5.41) is 2.78. The molecule has 0 aliphatic heterocycles. The summed E-state index contributed by atoms with van der Waals surface area (Å²) >= 11 is 0. The monoisotopic (exact) mass is 317 g/mol. The topological polar surface area (TPSA) is 46.2 Å². The third kappa shape index (κ3) is 5.54. The highest BCUT2D eigenvalue weighted by Gasteiger charge is 2.01. The Morgan fingerprint density at radius 2 is 1.71 bits per heavy atom. The van der Waals surface area contributed by atoms with Crippen molar-refractivity contribution < 1.29 is 9.59 Å². The first-order chi connectivity index (χ1) is 11.7. The fourth-order valence-corrected chi connectivity index (χ4v) is 2.03. The van der Waals surface area contributed by atoms with Crippen molar-refractivity contribution in [3.8, 4) is 0 Å². The molecule has 2 rings (SSSR count). The van der Waals surface area contributed by atoms with Crippen LogP contribution in [-0.4, -0.2) is 11.7 Å². The van der Waals surface area contributed by atoms with Gasteiger partial charge in [-0.1, -0.05) is 66.8 Å². The number of carbonyl (C=O) groups is 2. The highest BCUT2D eigenvalue weighted by atomic mass is 16.1. The number of hydrogen-bond acceptors (Lipinski definition) is 2. The third-order valence-corrected chi connectivity index (χ3v) is 3.19. The van der Waals surface area contributed by atoms with E-state index in [1.807, 2.05) is 49.4 Å². The summed E-state index contributed by atoms with van der Waals surface area (Å²) in [5.74, 6) is -0.256. The minimum absolute atomic E-state index is 0.0562. The van der Waals surface area contributed by atoms with E-state index in [4.69, 9.17) is 0 Å². The molecule has 3 heteroatoms. The third-order valence-electron chi connectivity index (χ3n) is 3.19. The van der Waals surface area contributed by atoms with Crippen LogP contribution in [-0.2, 0) is 4.79 Å². The Morgan fingerprint density at radius 1 is 0.917 bits per heavy atom. The number of amides is 1. The zero-order chi connectivity index (χ0) is 17.2. The zero-order valence-corrected chi connectivity index (χ0v) is 13.5. The number of benzene rings is 2. The molecule has 0 unspecified atom stereocenters. The van der Waals surface area contributed by atoms with E-state index in [2.05, 4.69) is 5.32 Å². The van der Waals surface area contributed by atoms with Gasteiger partial charge in [-0.05, 0) is 30.7 Å². The molecule has 0 saturated carbocycles. The van der Waals surface area contributed by atoms with Gasteiger partial charge in [-0.25, -0.2) is 0 Å². The lowest BCUT2D eigenvalue weighted by Gasteiger charge is -2.03. The van der Waals surface area contributed by atoms with Crippen LogP contribution in [0.3, 0.4) is 0 Å². The Balaban J connectivity index is 2.03. The number of carbonyl (C=O) groups excluding carboxylic acids is 2. The number of anilines is 1. The summed E-state index contributed by atoms with van der Waals surface area (Å²) in [6.07, 6.45) is 10.0. The predicted octanol–water partition coefficient (Wildman–Crippen LogP) is 4.65. The van der Waals surface area contributed by atoms with E-state index in [9.17, 15) is 9.59 Å². The zero-order valence-electron chi connectivity index (χ0n) is 13.5. The first-order valence-corrected chi connectivity index (χ1v) is 7.67. The van der Waals surface area contributed by atoms with Crippen LogP contribution in [0, 0.1) is 0 Å². The fourth-order valence-electron chi connectivity index (χ4n) is 2.03. The van der Waals surface area contributed by atoms with E-state index in [0.29, 0.717) is 11.3 Å². The molecule has 1 N–H and O–H groups in total. The largest absolute Gasteiger partial charge is 0.322 e. The molecule has 0 bridgehead atoms. The molecule has 24 heavy (non-hydrogen) atoms. The van der Waals surface area contributed by atoms with E-state index in [0.717, 1.165) is 5.56 Å². The number of rotatable bonds is 6. The summed E-state index contributed by atoms with van der Waals surface area (Å²) in [7, 11) is 0. The van der Waals surface area contributed by atoms with Gasteiger partial charge in [0.2, 0.25) is 5.91 Å². The lowest BCUT2D eigenvalue weighted by molar-refractivity contribution is -0.111. The normalized spacial score (nSPS) is 11.4. The van der Waals surface area contributed by atoms with Crippen molar-refractivity contribution in [3.05, 3.63) is 96.1 Å². The Morgan fingerprint density at radius 3 is 2.46 bits per heavy atom. The van der Waals surface area contributed by atoms with Crippen LogP contribution in [0.4, 0.5) is 5.69 Å². The lowest BCUT2D eigenvalue weighted by atomic mass is 10.1. The van der Waals surface area contributed by atoms with E-state index in [1.54, 1.807) is 36.4 Å². The molecule has 0 spiro atoms. The SMILES string of the molecule is C/C=C/C=C/C(=O)Nc1cccc(/C=C/C(=O)c2ccccc2)c1. The summed E-state index contributed by atoms with van der Waals surface area (Å²) < 4.78 is 0. The predicted molar refractivity (Wildman–Crippen MR) is 98.8 cm³/mol. The van der Waals surface area contributed by atoms with E-state index in [1.165, 1.54) is 12.2 Å². The van der Waals surface area contributed by atoms with Crippen molar-refractivity contribution in [2.24, 2.45) is 0 Å². The number of hydrogen-bond donors (Lipinski definition) is 1. The second kappa shape index (κ2) is 9.06. The second-order valence-electron chi connectivity index (χ2n) is 5.06. The summed E-state index contributed by atoms with van der Waals surface area (Å²) in [4.78, 5) is 23.8. The second-order valence-corrected chi connectivity index (χ2v) is 5.06. The van der Waals surface area contributed by atoms with E-state index >= 15 is 0 Å². The van der Waals surface area contributed by atoms with Crippen molar-refractivity contribution in [3.63, 3.8) is 0 Å². The Kier molecular flexibility index (Phi) is 6.47. The van der Waals surface area contributed by atoms with Crippen LogP contribution in [0.5, 0.6) is 0 Å². The summed E-state index contributed by atoms with van der Waals surface area (Å²) in [6, 6.07) is 16.4. The maximum absolute atomic E-state index is 12.1. The van der Waals surface area contributed by atoms with Crippen molar-refractivity contribution in [1.82, 2.24) is 0 Å². The van der Waals surface area contributed by atoms with Gasteiger partial charge in [0.25, 0.3) is 0 Å². The molecule has 0 heterocycles. The number of allylic oxidation sites excluding steroid dienone is 4. The van der Waals surface area contributed by atoms with Gasteiger partial charge in [-0.15, -0.1) is 0 Å². The molecule has 0 aliphatic rings. The van der Waals surface area contributed by atoms with Gasteiger partial charge in [-0.3, -0.25) is 9.59 Å². The minimum atomic E-state index is -0.199. The van der Waals surface area contributed by atoms with Crippen LogP contribution in [0.2, 0.25) is 0 Å². The molecule has 0 fully saturated rings. The van der Waals surface area contributed by atoms with Crippen LogP contribution in [0.1, 0.15) is 22.8 Å². The molecule has 0 atom stereocenters. The molecular weight excluding hydrogens is 298 g/mol. The van der Waals surface area contributed by atoms with Gasteiger partial charge in [0, 0.05) is 17.3 Å². The Labute approximate surface area is 142 Å². The highest BCUT2D eigenvalue weighted by Crippen LogP contribution is 2.13. The first kappa shape index (κ1) is 17.2. The molecular formula is C21H19NO2. The maximum Gasteiger partial charge on any atom is 0.248 e. The lowest BCUT2D eigenvalue weighted by Crippen LogP contribution is -2.07. The van der Waals surface area contributed by atoms with Gasteiger partial charge < -0.3 is 5.32 Å². The van der Waals surface area contributed by atoms with Gasteiger partial charge in [0.1, 0.15) is 0 Å². The van der Waals surface area contributed by atoms with E-state index in [-0.39, 0.29) is 11.7 Å². The van der Waals surface area contributed by atoms with Crippen LogP contribution < -0.4 is 5.32 Å². The molecule has 0 radical (unpaired) electrons. The van der Waals surface area contributed by atoms with Gasteiger partial charge in [0.15, 0.2) is 5.78 Å².